The van der Waals surface area contributed by atoms with Crippen LogP contribution in [0.15, 0.2) is 30.3 Å². The molecule has 0 spiro atoms. The quantitative estimate of drug-likeness (QED) is 0.741. The number of aryl methyl sites for hydroxylation is 1. The third kappa shape index (κ3) is 4.45. The van der Waals surface area contributed by atoms with Crippen LogP contribution in [0, 0.1) is 11.3 Å². The van der Waals surface area contributed by atoms with Crippen molar-refractivity contribution in [3.8, 4) is 6.07 Å². The number of thioether (sulfide) groups is 1. The Morgan fingerprint density at radius 2 is 2.04 bits per heavy atom. The van der Waals surface area contributed by atoms with E-state index in [1.54, 1.807) is 23.1 Å². The number of carbonyl (C=O) groups is 1. The summed E-state index contributed by atoms with van der Waals surface area (Å²) in [7, 11) is 0. The summed E-state index contributed by atoms with van der Waals surface area (Å²) in [4.78, 5) is 13.8. The van der Waals surface area contributed by atoms with Gasteiger partial charge < -0.3 is 5.32 Å². The zero-order valence-electron chi connectivity index (χ0n) is 14.4. The molecule has 0 radical (unpaired) electrons. The third-order valence-corrected chi connectivity index (χ3v) is 6.90. The van der Waals surface area contributed by atoms with Crippen LogP contribution < -0.4 is 5.32 Å². The number of nitriles is 1. The van der Waals surface area contributed by atoms with Gasteiger partial charge in [0.2, 0.25) is 5.91 Å². The lowest BCUT2D eigenvalue weighted by molar-refractivity contribution is -0.115. The monoisotopic (exact) mass is 370 g/mol. The van der Waals surface area contributed by atoms with Gasteiger partial charge >= 0.3 is 0 Å². The lowest BCUT2D eigenvalue weighted by Gasteiger charge is -2.11. The van der Waals surface area contributed by atoms with Gasteiger partial charge in [-0.3, -0.25) is 4.79 Å². The minimum atomic E-state index is -0.159. The van der Waals surface area contributed by atoms with Gasteiger partial charge in [0.15, 0.2) is 0 Å². The number of carbonyl (C=O) groups excluding carboxylic acids is 1. The molecule has 1 aromatic carbocycles. The molecule has 0 aliphatic heterocycles. The normalized spacial score (nSPS) is 14.9. The largest absolute Gasteiger partial charge is 0.316 e. The highest BCUT2D eigenvalue weighted by Crippen LogP contribution is 2.37. The molecule has 0 saturated heterocycles. The SMILES string of the molecule is CC(SCc1ccccc1)C(=O)Nc1sc2c(c1C#N)CCCCC2. The van der Waals surface area contributed by atoms with E-state index in [1.165, 1.54) is 28.8 Å². The molecule has 2 aromatic rings. The van der Waals surface area contributed by atoms with E-state index in [9.17, 15) is 10.1 Å². The Balaban J connectivity index is 1.65. The third-order valence-electron chi connectivity index (χ3n) is 4.48. The summed E-state index contributed by atoms with van der Waals surface area (Å²) in [5.74, 6) is 0.787. The van der Waals surface area contributed by atoms with Gasteiger partial charge in [-0.1, -0.05) is 36.8 Å². The molecule has 0 saturated carbocycles. The van der Waals surface area contributed by atoms with Gasteiger partial charge in [-0.05, 0) is 43.7 Å². The number of fused-ring (bicyclic) bond motifs is 1. The number of anilines is 1. The predicted octanol–water partition coefficient (Wildman–Crippen LogP) is 5.15. The summed E-state index contributed by atoms with van der Waals surface area (Å²) in [6.45, 7) is 1.92. The Hall–Kier alpha value is -1.77. The minimum Gasteiger partial charge on any atom is -0.316 e. The van der Waals surface area contributed by atoms with Crippen molar-refractivity contribution < 1.29 is 4.79 Å². The van der Waals surface area contributed by atoms with Crippen molar-refractivity contribution in [1.29, 1.82) is 5.26 Å². The van der Waals surface area contributed by atoms with Crippen LogP contribution in [0.3, 0.4) is 0 Å². The van der Waals surface area contributed by atoms with Crippen LogP contribution in [0.4, 0.5) is 5.00 Å². The van der Waals surface area contributed by atoms with E-state index in [2.05, 4.69) is 23.5 Å². The summed E-state index contributed by atoms with van der Waals surface area (Å²) in [5.41, 5.74) is 3.08. The molecule has 0 bridgehead atoms. The van der Waals surface area contributed by atoms with E-state index in [1.807, 2.05) is 25.1 Å². The van der Waals surface area contributed by atoms with Crippen LogP contribution in [0.1, 0.15) is 47.8 Å². The molecular formula is C20H22N2OS2. The fourth-order valence-electron chi connectivity index (χ4n) is 3.03. The molecule has 0 fully saturated rings. The number of benzene rings is 1. The van der Waals surface area contributed by atoms with E-state index in [-0.39, 0.29) is 11.2 Å². The van der Waals surface area contributed by atoms with E-state index < -0.39 is 0 Å². The number of rotatable bonds is 5. The fourth-order valence-corrected chi connectivity index (χ4v) is 5.12. The Morgan fingerprint density at radius 1 is 1.28 bits per heavy atom. The molecule has 5 heteroatoms. The predicted molar refractivity (Wildman–Crippen MR) is 106 cm³/mol. The average Bonchev–Trinajstić information content (AvgIpc) is 2.79. The molecule has 1 heterocycles. The first-order chi connectivity index (χ1) is 12.2. The van der Waals surface area contributed by atoms with Gasteiger partial charge in [-0.2, -0.15) is 5.26 Å². The highest BCUT2D eigenvalue weighted by Gasteiger charge is 2.22. The van der Waals surface area contributed by atoms with Gasteiger partial charge in [-0.25, -0.2) is 0 Å². The molecule has 1 N–H and O–H groups in total. The lowest BCUT2D eigenvalue weighted by atomic mass is 10.1. The maximum atomic E-state index is 12.5. The highest BCUT2D eigenvalue weighted by atomic mass is 32.2. The lowest BCUT2D eigenvalue weighted by Crippen LogP contribution is -2.22. The molecule has 1 aromatic heterocycles. The van der Waals surface area contributed by atoms with Gasteiger partial charge in [0.05, 0.1) is 10.8 Å². The zero-order valence-corrected chi connectivity index (χ0v) is 16.0. The van der Waals surface area contributed by atoms with Crippen LogP contribution in [-0.2, 0) is 23.4 Å². The minimum absolute atomic E-state index is 0.0196. The summed E-state index contributed by atoms with van der Waals surface area (Å²) >= 11 is 3.21. The molecule has 130 valence electrons. The maximum absolute atomic E-state index is 12.5. The molecule has 1 unspecified atom stereocenters. The van der Waals surface area contributed by atoms with E-state index in [4.69, 9.17) is 0 Å². The van der Waals surface area contributed by atoms with Crippen molar-refractivity contribution in [3.63, 3.8) is 0 Å². The van der Waals surface area contributed by atoms with Crippen molar-refractivity contribution in [2.24, 2.45) is 0 Å². The van der Waals surface area contributed by atoms with Crippen LogP contribution in [-0.4, -0.2) is 11.2 Å². The van der Waals surface area contributed by atoms with Gasteiger partial charge in [-0.15, -0.1) is 23.1 Å². The van der Waals surface area contributed by atoms with Gasteiger partial charge in [0.1, 0.15) is 11.1 Å². The summed E-state index contributed by atoms with van der Waals surface area (Å²) < 4.78 is 0. The maximum Gasteiger partial charge on any atom is 0.237 e. The first kappa shape index (κ1) is 18.0. The van der Waals surface area contributed by atoms with Crippen molar-refractivity contribution >= 4 is 34.0 Å². The van der Waals surface area contributed by atoms with Crippen LogP contribution in [0.2, 0.25) is 0 Å². The first-order valence-corrected chi connectivity index (χ1v) is 10.6. The van der Waals surface area contributed by atoms with Gasteiger partial charge in [0.25, 0.3) is 0 Å². The average molecular weight is 371 g/mol. The van der Waals surface area contributed by atoms with Gasteiger partial charge in [0, 0.05) is 10.6 Å². The second-order valence-electron chi connectivity index (χ2n) is 6.31. The molecule has 1 aliphatic carbocycles. The van der Waals surface area contributed by atoms with E-state index in [0.717, 1.165) is 30.0 Å². The smallest absolute Gasteiger partial charge is 0.237 e. The first-order valence-electron chi connectivity index (χ1n) is 8.70. The number of nitrogens with one attached hydrogen (secondary N) is 1. The molecular weight excluding hydrogens is 348 g/mol. The Morgan fingerprint density at radius 3 is 2.80 bits per heavy atom. The molecule has 1 aliphatic rings. The second-order valence-corrected chi connectivity index (χ2v) is 8.74. The number of hydrogen-bond donors (Lipinski definition) is 1. The molecule has 3 nitrogen and oxygen atoms in total. The number of hydrogen-bond acceptors (Lipinski definition) is 4. The topological polar surface area (TPSA) is 52.9 Å². The second kappa shape index (κ2) is 8.55. The Kier molecular flexibility index (Phi) is 6.17. The van der Waals surface area contributed by atoms with Crippen molar-refractivity contribution in [1.82, 2.24) is 0 Å². The van der Waals surface area contributed by atoms with Crippen molar-refractivity contribution in [2.45, 2.75) is 50.0 Å². The standard InChI is InChI=1S/C20H22N2OS2/c1-14(24-13-15-8-4-2-5-9-15)19(23)22-20-17(12-21)16-10-6-3-7-11-18(16)25-20/h2,4-5,8-9,14H,3,6-7,10-11,13H2,1H3,(H,22,23). The van der Waals surface area contributed by atoms with Crippen molar-refractivity contribution in [3.05, 3.63) is 51.9 Å². The summed E-state index contributed by atoms with van der Waals surface area (Å²) in [6.07, 6.45) is 5.52. The van der Waals surface area contributed by atoms with Crippen LogP contribution in [0.5, 0.6) is 0 Å². The number of nitrogens with zero attached hydrogens (tertiary/aromatic N) is 1. The zero-order chi connectivity index (χ0) is 17.6. The number of amides is 1. The highest BCUT2D eigenvalue weighted by molar-refractivity contribution is 7.99. The Labute approximate surface area is 157 Å². The van der Waals surface area contributed by atoms with Crippen LogP contribution in [0.25, 0.3) is 0 Å². The Bertz CT molecular complexity index is 777. The summed E-state index contributed by atoms with van der Waals surface area (Å²) in [5, 5.41) is 13.2. The van der Waals surface area contributed by atoms with E-state index in [0.29, 0.717) is 5.56 Å². The van der Waals surface area contributed by atoms with Crippen LogP contribution >= 0.6 is 23.1 Å². The molecule has 3 rings (SSSR count). The molecule has 25 heavy (non-hydrogen) atoms. The fraction of sp³-hybridized carbons (Fsp3) is 0.400. The molecule has 1 atom stereocenters. The van der Waals surface area contributed by atoms with E-state index >= 15 is 0 Å². The number of thiophene rings is 1. The van der Waals surface area contributed by atoms with Crippen molar-refractivity contribution in [2.75, 3.05) is 5.32 Å². The summed E-state index contributed by atoms with van der Waals surface area (Å²) in [6, 6.07) is 12.5. The molecule has 1 amide bonds.